The minimum Gasteiger partial charge on any atom is -0.366 e. The Bertz CT molecular complexity index is 754. The van der Waals surface area contributed by atoms with E-state index in [-0.39, 0.29) is 12.6 Å². The summed E-state index contributed by atoms with van der Waals surface area (Å²) in [5.41, 5.74) is 8.20. The SMILES string of the molecule is Cc1ccc(NC(=O)NCC#Cc2ccc(C(N)=O)cc2)cc1. The zero-order valence-electron chi connectivity index (χ0n) is 12.7. The minimum atomic E-state index is -0.473. The van der Waals surface area contributed by atoms with Crippen LogP contribution in [0.4, 0.5) is 10.5 Å². The summed E-state index contributed by atoms with van der Waals surface area (Å²) in [4.78, 5) is 22.6. The van der Waals surface area contributed by atoms with Crippen molar-refractivity contribution in [3.8, 4) is 11.8 Å². The number of primary amides is 1. The van der Waals surface area contributed by atoms with Gasteiger partial charge < -0.3 is 16.4 Å². The van der Waals surface area contributed by atoms with Gasteiger partial charge in [-0.25, -0.2) is 4.79 Å². The summed E-state index contributed by atoms with van der Waals surface area (Å²) < 4.78 is 0. The van der Waals surface area contributed by atoms with Gasteiger partial charge >= 0.3 is 6.03 Å². The Labute approximate surface area is 134 Å². The predicted octanol–water partition coefficient (Wildman–Crippen LogP) is 2.27. The van der Waals surface area contributed by atoms with Crippen molar-refractivity contribution in [3.05, 3.63) is 65.2 Å². The number of nitrogens with two attached hydrogens (primary N) is 1. The number of hydrogen-bond acceptors (Lipinski definition) is 2. The molecule has 3 amide bonds. The monoisotopic (exact) mass is 307 g/mol. The Morgan fingerprint density at radius 3 is 2.30 bits per heavy atom. The molecule has 2 rings (SSSR count). The number of anilines is 1. The summed E-state index contributed by atoms with van der Waals surface area (Å²) in [5, 5.41) is 5.37. The van der Waals surface area contributed by atoms with Crippen molar-refractivity contribution in [2.75, 3.05) is 11.9 Å². The summed E-state index contributed by atoms with van der Waals surface area (Å²) in [5.74, 6) is 5.26. The molecule has 0 aliphatic heterocycles. The lowest BCUT2D eigenvalue weighted by atomic mass is 10.1. The highest BCUT2D eigenvalue weighted by atomic mass is 16.2. The van der Waals surface area contributed by atoms with Gasteiger partial charge in [0.2, 0.25) is 5.91 Å². The highest BCUT2D eigenvalue weighted by Crippen LogP contribution is 2.07. The first-order valence-corrected chi connectivity index (χ1v) is 7.05. The van der Waals surface area contributed by atoms with Gasteiger partial charge in [0, 0.05) is 16.8 Å². The van der Waals surface area contributed by atoms with Gasteiger partial charge in [0.15, 0.2) is 0 Å². The molecule has 4 N–H and O–H groups in total. The van der Waals surface area contributed by atoms with Gasteiger partial charge in [-0.2, -0.15) is 0 Å². The van der Waals surface area contributed by atoms with Crippen molar-refractivity contribution < 1.29 is 9.59 Å². The zero-order valence-corrected chi connectivity index (χ0v) is 12.7. The van der Waals surface area contributed by atoms with Crippen LogP contribution in [0.25, 0.3) is 0 Å². The summed E-state index contributed by atoms with van der Waals surface area (Å²) >= 11 is 0. The van der Waals surface area contributed by atoms with Crippen LogP contribution in [0.1, 0.15) is 21.5 Å². The fourth-order valence-corrected chi connectivity index (χ4v) is 1.80. The van der Waals surface area contributed by atoms with Gasteiger partial charge in [-0.05, 0) is 43.3 Å². The average Bonchev–Trinajstić information content (AvgIpc) is 2.54. The van der Waals surface area contributed by atoms with Gasteiger partial charge in [0.1, 0.15) is 0 Å². The summed E-state index contributed by atoms with van der Waals surface area (Å²) in [6, 6.07) is 13.8. The lowest BCUT2D eigenvalue weighted by Crippen LogP contribution is -2.28. The molecule has 2 aromatic rings. The molecular formula is C18H17N3O2. The van der Waals surface area contributed by atoms with E-state index in [1.54, 1.807) is 24.3 Å². The van der Waals surface area contributed by atoms with Crippen LogP contribution in [0.3, 0.4) is 0 Å². The van der Waals surface area contributed by atoms with Gasteiger partial charge in [0.05, 0.1) is 6.54 Å². The Morgan fingerprint density at radius 2 is 1.70 bits per heavy atom. The van der Waals surface area contributed by atoms with Crippen LogP contribution in [0.2, 0.25) is 0 Å². The lowest BCUT2D eigenvalue weighted by molar-refractivity contribution is 0.100. The molecular weight excluding hydrogens is 290 g/mol. The largest absolute Gasteiger partial charge is 0.366 e. The molecule has 23 heavy (non-hydrogen) atoms. The second-order valence-corrected chi connectivity index (χ2v) is 4.92. The standard InChI is InChI=1S/C18H17N3O2/c1-13-4-10-16(11-5-13)21-18(23)20-12-2-3-14-6-8-15(9-7-14)17(19)22/h4-11H,12H2,1H3,(H2,19,22)(H2,20,21,23). The van der Waals surface area contributed by atoms with Crippen LogP contribution in [0, 0.1) is 18.8 Å². The second kappa shape index (κ2) is 7.66. The number of rotatable bonds is 3. The van der Waals surface area contributed by atoms with Crippen molar-refractivity contribution in [1.82, 2.24) is 5.32 Å². The second-order valence-electron chi connectivity index (χ2n) is 4.92. The van der Waals surface area contributed by atoms with E-state index >= 15 is 0 Å². The van der Waals surface area contributed by atoms with Crippen LogP contribution >= 0.6 is 0 Å². The molecule has 0 saturated carbocycles. The molecule has 0 heterocycles. The van der Waals surface area contributed by atoms with E-state index in [0.29, 0.717) is 5.56 Å². The van der Waals surface area contributed by atoms with Crippen LogP contribution < -0.4 is 16.4 Å². The number of hydrogen-bond donors (Lipinski definition) is 3. The minimum absolute atomic E-state index is 0.218. The topological polar surface area (TPSA) is 84.2 Å². The number of amides is 3. The number of aryl methyl sites for hydroxylation is 1. The zero-order chi connectivity index (χ0) is 16.7. The molecule has 0 unspecified atom stereocenters. The van der Waals surface area contributed by atoms with Crippen molar-refractivity contribution in [1.29, 1.82) is 0 Å². The number of benzene rings is 2. The Morgan fingerprint density at radius 1 is 1.04 bits per heavy atom. The van der Waals surface area contributed by atoms with Crippen LogP contribution in [-0.2, 0) is 0 Å². The molecule has 0 aliphatic rings. The van der Waals surface area contributed by atoms with Crippen LogP contribution in [-0.4, -0.2) is 18.5 Å². The fraction of sp³-hybridized carbons (Fsp3) is 0.111. The highest BCUT2D eigenvalue weighted by molar-refractivity contribution is 5.92. The Hall–Kier alpha value is -3.26. The maximum absolute atomic E-state index is 11.7. The third kappa shape index (κ3) is 5.21. The molecule has 0 spiro atoms. The number of carbonyl (C=O) groups excluding carboxylic acids is 2. The van der Waals surface area contributed by atoms with Crippen molar-refractivity contribution in [3.63, 3.8) is 0 Å². The maximum Gasteiger partial charge on any atom is 0.319 e. The Balaban J connectivity index is 1.81. The average molecular weight is 307 g/mol. The quantitative estimate of drug-likeness (QED) is 0.760. The fourth-order valence-electron chi connectivity index (χ4n) is 1.80. The summed E-state index contributed by atoms with van der Waals surface area (Å²) in [6.07, 6.45) is 0. The van der Waals surface area contributed by atoms with E-state index in [2.05, 4.69) is 22.5 Å². The molecule has 5 nitrogen and oxygen atoms in total. The summed E-state index contributed by atoms with van der Waals surface area (Å²) in [7, 11) is 0. The van der Waals surface area contributed by atoms with Crippen molar-refractivity contribution >= 4 is 17.6 Å². The molecule has 0 aromatic heterocycles. The van der Waals surface area contributed by atoms with Gasteiger partial charge in [-0.15, -0.1) is 0 Å². The first kappa shape index (κ1) is 16.1. The third-order valence-electron chi connectivity index (χ3n) is 3.05. The molecule has 0 fully saturated rings. The van der Waals surface area contributed by atoms with Crippen LogP contribution in [0.5, 0.6) is 0 Å². The van der Waals surface area contributed by atoms with Crippen molar-refractivity contribution in [2.24, 2.45) is 5.73 Å². The summed E-state index contributed by atoms with van der Waals surface area (Å²) in [6.45, 7) is 2.20. The van der Waals surface area contributed by atoms with Gasteiger partial charge in [-0.3, -0.25) is 4.79 Å². The lowest BCUT2D eigenvalue weighted by Gasteiger charge is -2.05. The molecule has 5 heteroatoms. The van der Waals surface area contributed by atoms with Crippen molar-refractivity contribution in [2.45, 2.75) is 6.92 Å². The van der Waals surface area contributed by atoms with E-state index in [1.807, 2.05) is 31.2 Å². The smallest absolute Gasteiger partial charge is 0.319 e. The normalized spacial score (nSPS) is 9.43. The van der Waals surface area contributed by atoms with E-state index in [0.717, 1.165) is 16.8 Å². The number of carbonyl (C=O) groups is 2. The first-order chi connectivity index (χ1) is 11.0. The van der Waals surface area contributed by atoms with Crippen LogP contribution in [0.15, 0.2) is 48.5 Å². The van der Waals surface area contributed by atoms with Gasteiger partial charge in [0.25, 0.3) is 0 Å². The molecule has 0 aliphatic carbocycles. The molecule has 0 atom stereocenters. The Kier molecular flexibility index (Phi) is 5.37. The number of urea groups is 1. The predicted molar refractivity (Wildman–Crippen MR) is 90.0 cm³/mol. The molecule has 2 aromatic carbocycles. The number of nitrogens with one attached hydrogen (secondary N) is 2. The molecule has 116 valence electrons. The molecule has 0 saturated heterocycles. The third-order valence-corrected chi connectivity index (χ3v) is 3.05. The maximum atomic E-state index is 11.7. The van der Waals surface area contributed by atoms with E-state index < -0.39 is 5.91 Å². The van der Waals surface area contributed by atoms with E-state index in [9.17, 15) is 9.59 Å². The highest BCUT2D eigenvalue weighted by Gasteiger charge is 1.99. The molecule has 0 radical (unpaired) electrons. The van der Waals surface area contributed by atoms with E-state index in [4.69, 9.17) is 5.73 Å². The van der Waals surface area contributed by atoms with E-state index in [1.165, 1.54) is 0 Å². The first-order valence-electron chi connectivity index (χ1n) is 7.05. The van der Waals surface area contributed by atoms with Gasteiger partial charge in [-0.1, -0.05) is 29.5 Å². The molecule has 0 bridgehead atoms.